The van der Waals surface area contributed by atoms with Crippen LogP contribution < -0.4 is 5.73 Å². The van der Waals surface area contributed by atoms with E-state index in [0.29, 0.717) is 5.17 Å². The van der Waals surface area contributed by atoms with Gasteiger partial charge in [0.05, 0.1) is 0 Å². The zero-order chi connectivity index (χ0) is 9.80. The Morgan fingerprint density at radius 1 is 1.43 bits per heavy atom. The minimum absolute atomic E-state index is 0.658. The van der Waals surface area contributed by atoms with Crippen LogP contribution in [0, 0.1) is 0 Å². The van der Waals surface area contributed by atoms with E-state index in [4.69, 9.17) is 5.73 Å². The lowest BCUT2D eigenvalue weighted by Gasteiger charge is -2.10. The number of nitrogens with two attached hydrogens (primary N) is 1. The lowest BCUT2D eigenvalue weighted by Crippen LogP contribution is -2.03. The zero-order valence-corrected chi connectivity index (χ0v) is 9.22. The first-order valence-corrected chi connectivity index (χ1v) is 6.18. The maximum absolute atomic E-state index is 5.55. The molecular formula is C9H11N3S2. The fourth-order valence-electron chi connectivity index (χ4n) is 1.08. The highest BCUT2D eigenvalue weighted by Crippen LogP contribution is 2.24. The number of hydrazone groups is 1. The molecule has 0 spiro atoms. The first kappa shape index (κ1) is 9.73. The molecule has 0 amide bonds. The summed E-state index contributed by atoms with van der Waals surface area (Å²) in [6.07, 6.45) is 0. The third kappa shape index (κ3) is 2.59. The highest BCUT2D eigenvalue weighted by Gasteiger charge is 2.12. The number of rotatable bonds is 3. The Hall–Kier alpha value is -0.810. The van der Waals surface area contributed by atoms with Gasteiger partial charge >= 0.3 is 0 Å². The maximum Gasteiger partial charge on any atom is 0.180 e. The summed E-state index contributed by atoms with van der Waals surface area (Å²) in [6.45, 7) is 0. The molecule has 14 heavy (non-hydrogen) atoms. The van der Waals surface area contributed by atoms with Crippen LogP contribution >= 0.6 is 23.7 Å². The van der Waals surface area contributed by atoms with E-state index in [-0.39, 0.29) is 0 Å². The van der Waals surface area contributed by atoms with Gasteiger partial charge in [-0.1, -0.05) is 42.1 Å². The average Bonchev–Trinajstić information content (AvgIpc) is 2.63. The van der Waals surface area contributed by atoms with Crippen molar-refractivity contribution in [3.8, 4) is 0 Å². The van der Waals surface area contributed by atoms with E-state index in [1.807, 2.05) is 22.6 Å². The van der Waals surface area contributed by atoms with Crippen LogP contribution in [0.5, 0.6) is 0 Å². The molecule has 1 aromatic rings. The number of nitrogens with zero attached hydrogens (tertiary/aromatic N) is 2. The van der Waals surface area contributed by atoms with Crippen LogP contribution in [0.2, 0.25) is 0 Å². The summed E-state index contributed by atoms with van der Waals surface area (Å²) < 4.78 is 1.92. The Labute approximate surface area is 91.9 Å². The molecule has 3 nitrogen and oxygen atoms in total. The third-order valence-electron chi connectivity index (χ3n) is 1.76. The molecule has 5 heteroatoms. The molecule has 0 aliphatic carbocycles. The Morgan fingerprint density at radius 3 is 2.86 bits per heavy atom. The average molecular weight is 225 g/mol. The second kappa shape index (κ2) is 4.61. The summed E-state index contributed by atoms with van der Waals surface area (Å²) in [6, 6.07) is 10.3. The van der Waals surface area contributed by atoms with Crippen molar-refractivity contribution in [1.82, 2.24) is 4.41 Å². The van der Waals surface area contributed by atoms with E-state index in [2.05, 4.69) is 17.2 Å². The van der Waals surface area contributed by atoms with E-state index < -0.39 is 0 Å². The minimum atomic E-state index is 0.658. The van der Waals surface area contributed by atoms with E-state index >= 15 is 0 Å². The van der Waals surface area contributed by atoms with Crippen LogP contribution in [0.15, 0.2) is 35.4 Å². The minimum Gasteiger partial charge on any atom is -0.377 e. The smallest absolute Gasteiger partial charge is 0.180 e. The fourth-order valence-corrected chi connectivity index (χ4v) is 2.68. The normalized spacial score (nSPS) is 15.7. The first-order chi connectivity index (χ1) is 6.84. The lowest BCUT2D eigenvalue weighted by atomic mass is 10.2. The second-order valence-corrected chi connectivity index (χ2v) is 4.76. The van der Waals surface area contributed by atoms with Crippen molar-refractivity contribution in [1.29, 1.82) is 0 Å². The van der Waals surface area contributed by atoms with Gasteiger partial charge in [0.1, 0.15) is 5.88 Å². The summed E-state index contributed by atoms with van der Waals surface area (Å²) >= 11 is 3.26. The molecule has 0 fully saturated rings. The third-order valence-corrected chi connectivity index (χ3v) is 3.64. The molecule has 0 radical (unpaired) electrons. The van der Waals surface area contributed by atoms with Gasteiger partial charge in [-0.05, 0) is 17.5 Å². The monoisotopic (exact) mass is 225 g/mol. The number of amidine groups is 1. The van der Waals surface area contributed by atoms with Crippen molar-refractivity contribution in [3.05, 3.63) is 35.9 Å². The summed E-state index contributed by atoms with van der Waals surface area (Å²) in [7, 11) is 0. The molecule has 2 N–H and O–H groups in total. The zero-order valence-electron chi connectivity index (χ0n) is 7.59. The molecule has 0 bridgehead atoms. The van der Waals surface area contributed by atoms with Crippen LogP contribution in [0.1, 0.15) is 5.56 Å². The molecule has 0 unspecified atom stereocenters. The number of hydrogen-bond acceptors (Lipinski definition) is 5. The molecule has 0 saturated carbocycles. The molecule has 0 atom stereocenters. The number of hydrogen-bond donors (Lipinski definition) is 1. The molecule has 1 aromatic carbocycles. The molecule has 1 heterocycles. The molecule has 1 aliphatic heterocycles. The first-order valence-electron chi connectivity index (χ1n) is 4.26. The molecular weight excluding hydrogens is 214 g/mol. The quantitative estimate of drug-likeness (QED) is 0.800. The summed E-state index contributed by atoms with van der Waals surface area (Å²) in [4.78, 5) is 0. The molecule has 0 aromatic heterocycles. The van der Waals surface area contributed by atoms with Gasteiger partial charge in [0, 0.05) is 5.75 Å². The second-order valence-electron chi connectivity index (χ2n) is 2.82. The van der Waals surface area contributed by atoms with Crippen molar-refractivity contribution in [3.63, 3.8) is 0 Å². The van der Waals surface area contributed by atoms with Gasteiger partial charge in [0.2, 0.25) is 0 Å². The Kier molecular flexibility index (Phi) is 3.21. The SMILES string of the molecule is NC1=NN(SCc2ccccc2)CS1. The summed E-state index contributed by atoms with van der Waals surface area (Å²) in [5.74, 6) is 1.79. The number of benzene rings is 1. The van der Waals surface area contributed by atoms with Crippen LogP contribution in [0.4, 0.5) is 0 Å². The predicted molar refractivity (Wildman–Crippen MR) is 63.7 cm³/mol. The van der Waals surface area contributed by atoms with Crippen LogP contribution in [0.25, 0.3) is 0 Å². The van der Waals surface area contributed by atoms with Gasteiger partial charge in [-0.25, -0.2) is 4.41 Å². The highest BCUT2D eigenvalue weighted by molar-refractivity contribution is 8.14. The molecule has 0 saturated heterocycles. The Morgan fingerprint density at radius 2 is 2.21 bits per heavy atom. The van der Waals surface area contributed by atoms with Crippen molar-refractivity contribution in [2.45, 2.75) is 5.75 Å². The maximum atomic E-state index is 5.55. The highest BCUT2D eigenvalue weighted by atomic mass is 32.2. The van der Waals surface area contributed by atoms with Gasteiger partial charge in [-0.2, -0.15) is 0 Å². The molecule has 2 rings (SSSR count). The van der Waals surface area contributed by atoms with Gasteiger partial charge in [0.25, 0.3) is 0 Å². The van der Waals surface area contributed by atoms with Crippen molar-refractivity contribution in [2.75, 3.05) is 5.88 Å². The Bertz CT molecular complexity index is 326. The van der Waals surface area contributed by atoms with Crippen LogP contribution in [-0.2, 0) is 5.75 Å². The van der Waals surface area contributed by atoms with Gasteiger partial charge < -0.3 is 5.73 Å². The topological polar surface area (TPSA) is 41.6 Å². The van der Waals surface area contributed by atoms with Crippen molar-refractivity contribution < 1.29 is 0 Å². The van der Waals surface area contributed by atoms with Crippen molar-refractivity contribution >= 4 is 28.9 Å². The van der Waals surface area contributed by atoms with E-state index in [9.17, 15) is 0 Å². The molecule has 74 valence electrons. The van der Waals surface area contributed by atoms with E-state index in [1.165, 1.54) is 5.56 Å². The van der Waals surface area contributed by atoms with Crippen molar-refractivity contribution in [2.24, 2.45) is 10.8 Å². The van der Waals surface area contributed by atoms with Gasteiger partial charge in [-0.15, -0.1) is 5.10 Å². The Balaban J connectivity index is 1.84. The van der Waals surface area contributed by atoms with Crippen LogP contribution in [0.3, 0.4) is 0 Å². The van der Waals surface area contributed by atoms with E-state index in [0.717, 1.165) is 11.6 Å². The molecule has 1 aliphatic rings. The van der Waals surface area contributed by atoms with E-state index in [1.54, 1.807) is 23.7 Å². The summed E-state index contributed by atoms with van der Waals surface area (Å²) in [5, 5.41) is 4.82. The standard InChI is InChI=1S/C9H11N3S2/c10-9-11-12(7-13-9)14-6-8-4-2-1-3-5-8/h1-5H,6-7H2,(H2,10,11). The lowest BCUT2D eigenvalue weighted by molar-refractivity contribution is 0.605. The van der Waals surface area contributed by atoms with Gasteiger partial charge in [-0.3, -0.25) is 0 Å². The van der Waals surface area contributed by atoms with Crippen LogP contribution in [-0.4, -0.2) is 15.5 Å². The fraction of sp³-hybridized carbons (Fsp3) is 0.222. The largest absolute Gasteiger partial charge is 0.377 e. The summed E-state index contributed by atoms with van der Waals surface area (Å²) in [5.41, 5.74) is 6.86. The van der Waals surface area contributed by atoms with Gasteiger partial charge in [0.15, 0.2) is 5.17 Å². The predicted octanol–water partition coefficient (Wildman–Crippen LogP) is 2.07. The number of thioether (sulfide) groups is 1.